The Balaban J connectivity index is 3.89. The van der Waals surface area contributed by atoms with Crippen LogP contribution in [0.2, 0.25) is 0 Å². The highest BCUT2D eigenvalue weighted by Crippen LogP contribution is 2.02. The summed E-state index contributed by atoms with van der Waals surface area (Å²) in [7, 11) is 0. The summed E-state index contributed by atoms with van der Waals surface area (Å²) in [6, 6.07) is 0. The van der Waals surface area contributed by atoms with Gasteiger partial charge in [-0.3, -0.25) is 0 Å². The Hall–Kier alpha value is -0.510. The molecule has 0 saturated carbocycles. The predicted molar refractivity (Wildman–Crippen MR) is 43.8 cm³/mol. The highest BCUT2D eigenvalue weighted by Gasteiger charge is 2.15. The maximum Gasteiger partial charge on any atom is 0.275 e. The van der Waals surface area contributed by atoms with Crippen molar-refractivity contribution < 1.29 is 13.6 Å². The molecule has 0 aromatic rings. The van der Waals surface area contributed by atoms with E-state index in [1.54, 1.807) is 0 Å². The zero-order valence-corrected chi connectivity index (χ0v) is 7.25. The van der Waals surface area contributed by atoms with Crippen molar-refractivity contribution in [2.24, 2.45) is 0 Å². The Kier molecular flexibility index (Phi) is 5.93. The summed E-state index contributed by atoms with van der Waals surface area (Å²) in [5.41, 5.74) is 8.11. The molecule has 0 radical (unpaired) electrons. The molecule has 0 rings (SSSR count). The number of nitrogens with zero attached hydrogens (tertiary/aromatic N) is 2. The quantitative estimate of drug-likeness (QED) is 0.294. The second-order valence-corrected chi connectivity index (χ2v) is 3.38. The molecule has 2 unspecified atom stereocenters. The van der Waals surface area contributed by atoms with E-state index in [1.807, 2.05) is 6.92 Å². The topological polar surface area (TPSA) is 73.7 Å². The van der Waals surface area contributed by atoms with Gasteiger partial charge < -0.3 is 10.1 Å². The van der Waals surface area contributed by atoms with Gasteiger partial charge in [-0.05, 0) is 6.42 Å². The van der Waals surface area contributed by atoms with E-state index in [0.29, 0.717) is 6.42 Å². The first-order chi connectivity index (χ1) is 5.22. The molecule has 0 aromatic carbocycles. The molecular formula is C6H12N2O2S. The second-order valence-electron chi connectivity index (χ2n) is 2.22. The normalized spacial score (nSPS) is 15.1. The molecule has 5 heteroatoms. The Morgan fingerprint density at radius 3 is 2.82 bits per heavy atom. The van der Waals surface area contributed by atoms with Crippen LogP contribution in [0.3, 0.4) is 0 Å². The van der Waals surface area contributed by atoms with Crippen LogP contribution in [-0.4, -0.2) is 25.0 Å². The molecule has 0 fully saturated rings. The number of unbranched alkanes of at least 4 members (excludes halogenated alkanes) is 1. The van der Waals surface area contributed by atoms with Crippen LogP contribution >= 0.6 is 0 Å². The molecule has 0 spiro atoms. The van der Waals surface area contributed by atoms with Gasteiger partial charge in [0.1, 0.15) is 0 Å². The fraction of sp³-hybridized carbons (Fsp3) is 0.833. The van der Waals surface area contributed by atoms with Crippen molar-refractivity contribution in [1.29, 1.82) is 0 Å². The lowest BCUT2D eigenvalue weighted by atomic mass is 10.2. The Labute approximate surface area is 68.5 Å². The van der Waals surface area contributed by atoms with Crippen LogP contribution < -0.4 is 0 Å². The summed E-state index contributed by atoms with van der Waals surface area (Å²) >= 11 is -1.91. The zero-order chi connectivity index (χ0) is 8.69. The van der Waals surface area contributed by atoms with Crippen LogP contribution in [0.25, 0.3) is 5.53 Å². The fourth-order valence-corrected chi connectivity index (χ4v) is 1.23. The van der Waals surface area contributed by atoms with Crippen molar-refractivity contribution in [3.63, 3.8) is 0 Å². The molecule has 0 bridgehead atoms. The van der Waals surface area contributed by atoms with Gasteiger partial charge in [-0.2, -0.15) is 4.79 Å². The van der Waals surface area contributed by atoms with Crippen molar-refractivity contribution >= 4 is 17.3 Å². The van der Waals surface area contributed by atoms with E-state index in [-0.39, 0.29) is 0 Å². The minimum absolute atomic E-state index is 0.528. The van der Waals surface area contributed by atoms with Crippen LogP contribution in [0.5, 0.6) is 0 Å². The van der Waals surface area contributed by atoms with Gasteiger partial charge in [-0.15, -0.1) is 0 Å². The highest BCUT2D eigenvalue weighted by molar-refractivity contribution is 7.80. The van der Waals surface area contributed by atoms with Gasteiger partial charge in [-0.1, -0.05) is 19.8 Å². The predicted octanol–water partition coefficient (Wildman–Crippen LogP) is 1.07. The smallest absolute Gasteiger partial charge is 0.275 e. The van der Waals surface area contributed by atoms with Gasteiger partial charge in [-0.25, -0.2) is 4.21 Å². The molecule has 0 heterocycles. The number of rotatable bonds is 5. The lowest BCUT2D eigenvalue weighted by molar-refractivity contribution is 0.00102. The largest absolute Gasteiger partial charge is 0.362 e. The standard InChI is InChI=1S/C6H12N2O2S/c1-2-3-4-6(5-8-7)11(9)10/h5-6H,2-4H2,1H3,(H,9,10). The summed E-state index contributed by atoms with van der Waals surface area (Å²) in [6.07, 6.45) is 3.52. The summed E-state index contributed by atoms with van der Waals surface area (Å²) in [4.78, 5) is 2.73. The van der Waals surface area contributed by atoms with Crippen LogP contribution in [0, 0.1) is 0 Å². The Morgan fingerprint density at radius 2 is 2.45 bits per heavy atom. The van der Waals surface area contributed by atoms with Gasteiger partial charge in [0.2, 0.25) is 0 Å². The van der Waals surface area contributed by atoms with E-state index >= 15 is 0 Å². The molecule has 2 atom stereocenters. The van der Waals surface area contributed by atoms with Crippen molar-refractivity contribution in [3.05, 3.63) is 5.53 Å². The average Bonchev–Trinajstić information content (AvgIpc) is 1.97. The van der Waals surface area contributed by atoms with Gasteiger partial charge in [0.25, 0.3) is 6.21 Å². The SMILES string of the molecule is CCCCC(C=[N+]=[N-])S(=O)O. The summed E-state index contributed by atoms with van der Waals surface area (Å²) in [5.74, 6) is 0. The van der Waals surface area contributed by atoms with Gasteiger partial charge in [0.15, 0.2) is 16.3 Å². The highest BCUT2D eigenvalue weighted by atomic mass is 32.2. The summed E-state index contributed by atoms with van der Waals surface area (Å²) in [6.45, 7) is 1.99. The van der Waals surface area contributed by atoms with E-state index in [9.17, 15) is 4.21 Å². The third-order valence-electron chi connectivity index (χ3n) is 1.33. The molecule has 0 aliphatic heterocycles. The fourth-order valence-electron chi connectivity index (χ4n) is 0.707. The lowest BCUT2D eigenvalue weighted by Gasteiger charge is -1.99. The van der Waals surface area contributed by atoms with Crippen LogP contribution in [0.1, 0.15) is 26.2 Å². The maximum absolute atomic E-state index is 10.5. The molecule has 4 nitrogen and oxygen atoms in total. The molecule has 0 amide bonds. The minimum Gasteiger partial charge on any atom is -0.362 e. The zero-order valence-electron chi connectivity index (χ0n) is 6.43. The summed E-state index contributed by atoms with van der Waals surface area (Å²) in [5, 5.41) is -0.528. The number of hydrogen-bond donors (Lipinski definition) is 1. The molecule has 0 aromatic heterocycles. The Morgan fingerprint density at radius 1 is 1.82 bits per heavy atom. The van der Waals surface area contributed by atoms with Gasteiger partial charge in [0, 0.05) is 0 Å². The minimum atomic E-state index is -1.91. The number of hydrogen-bond acceptors (Lipinski definition) is 1. The third kappa shape index (κ3) is 4.84. The van der Waals surface area contributed by atoms with E-state index in [1.165, 1.54) is 0 Å². The lowest BCUT2D eigenvalue weighted by Crippen LogP contribution is -2.16. The molecular weight excluding hydrogens is 164 g/mol. The van der Waals surface area contributed by atoms with Crippen LogP contribution in [0.15, 0.2) is 0 Å². The first-order valence-corrected chi connectivity index (χ1v) is 4.66. The Bertz CT molecular complexity index is 175. The first-order valence-electron chi connectivity index (χ1n) is 3.49. The molecule has 11 heavy (non-hydrogen) atoms. The second kappa shape index (κ2) is 6.22. The average molecular weight is 176 g/mol. The van der Waals surface area contributed by atoms with Crippen molar-refractivity contribution in [2.75, 3.05) is 0 Å². The third-order valence-corrected chi connectivity index (χ3v) is 2.21. The first kappa shape index (κ1) is 10.5. The molecule has 0 saturated heterocycles. The van der Waals surface area contributed by atoms with E-state index in [0.717, 1.165) is 19.1 Å². The van der Waals surface area contributed by atoms with E-state index < -0.39 is 16.3 Å². The maximum atomic E-state index is 10.5. The van der Waals surface area contributed by atoms with E-state index in [4.69, 9.17) is 10.1 Å². The summed E-state index contributed by atoms with van der Waals surface area (Å²) < 4.78 is 19.1. The van der Waals surface area contributed by atoms with Gasteiger partial charge in [0.05, 0.1) is 0 Å². The molecule has 64 valence electrons. The van der Waals surface area contributed by atoms with Crippen molar-refractivity contribution in [3.8, 4) is 0 Å². The monoisotopic (exact) mass is 176 g/mol. The van der Waals surface area contributed by atoms with Crippen molar-refractivity contribution in [1.82, 2.24) is 0 Å². The van der Waals surface area contributed by atoms with E-state index in [2.05, 4.69) is 4.79 Å². The molecule has 0 aliphatic rings. The van der Waals surface area contributed by atoms with Gasteiger partial charge >= 0.3 is 0 Å². The van der Waals surface area contributed by atoms with Crippen LogP contribution in [0.4, 0.5) is 0 Å². The van der Waals surface area contributed by atoms with Crippen LogP contribution in [-0.2, 0) is 11.1 Å². The molecule has 0 aliphatic carbocycles. The molecule has 1 N–H and O–H groups in total. The van der Waals surface area contributed by atoms with Crippen molar-refractivity contribution in [2.45, 2.75) is 31.4 Å².